The van der Waals surface area contributed by atoms with Crippen LogP contribution in [-0.2, 0) is 16.1 Å². The molecule has 0 fully saturated rings. The van der Waals surface area contributed by atoms with Crippen LogP contribution >= 0.6 is 0 Å². The lowest BCUT2D eigenvalue weighted by Crippen LogP contribution is -2.33. The Balaban J connectivity index is 1.58. The third-order valence-corrected chi connectivity index (χ3v) is 4.96. The molecule has 3 aromatic rings. The van der Waals surface area contributed by atoms with Gasteiger partial charge in [0, 0.05) is 12.6 Å². The van der Waals surface area contributed by atoms with Crippen LogP contribution in [0.1, 0.15) is 34.5 Å². The maximum atomic E-state index is 12.6. The summed E-state index contributed by atoms with van der Waals surface area (Å²) in [5.41, 5.74) is 2.10. The summed E-state index contributed by atoms with van der Waals surface area (Å²) in [6.45, 7) is 1.85. The molecule has 30 heavy (non-hydrogen) atoms. The van der Waals surface area contributed by atoms with Gasteiger partial charge in [-0.2, -0.15) is 0 Å². The van der Waals surface area contributed by atoms with E-state index in [0.29, 0.717) is 16.9 Å². The highest BCUT2D eigenvalue weighted by Crippen LogP contribution is 2.19. The number of amides is 1. The van der Waals surface area contributed by atoms with E-state index in [9.17, 15) is 9.59 Å². The van der Waals surface area contributed by atoms with Gasteiger partial charge in [-0.25, -0.2) is 4.79 Å². The second kappa shape index (κ2) is 10.3. The number of para-hydroxylation sites is 1. The second-order valence-corrected chi connectivity index (χ2v) is 6.93. The Morgan fingerprint density at radius 2 is 1.47 bits per heavy atom. The van der Waals surface area contributed by atoms with Gasteiger partial charge in [0.25, 0.3) is 5.91 Å². The molecule has 0 aromatic heterocycles. The van der Waals surface area contributed by atoms with Crippen molar-refractivity contribution in [2.75, 3.05) is 13.7 Å². The van der Waals surface area contributed by atoms with E-state index >= 15 is 0 Å². The zero-order valence-electron chi connectivity index (χ0n) is 17.2. The van der Waals surface area contributed by atoms with E-state index in [1.807, 2.05) is 79.7 Å². The number of rotatable bonds is 8. The fourth-order valence-corrected chi connectivity index (χ4v) is 3.00. The summed E-state index contributed by atoms with van der Waals surface area (Å²) < 4.78 is 11.0. The molecular formula is C25H25NO4. The van der Waals surface area contributed by atoms with Gasteiger partial charge in [0.15, 0.2) is 6.61 Å². The molecule has 0 heterocycles. The van der Waals surface area contributed by atoms with Crippen molar-refractivity contribution in [3.63, 3.8) is 0 Å². The molecule has 5 heteroatoms. The summed E-state index contributed by atoms with van der Waals surface area (Å²) in [5, 5.41) is 0. The Labute approximate surface area is 176 Å². The number of esters is 1. The fraction of sp³-hybridized carbons (Fsp3) is 0.200. The number of carbonyl (C=O) groups excluding carboxylic acids is 2. The van der Waals surface area contributed by atoms with Crippen LogP contribution in [0.15, 0.2) is 84.9 Å². The molecular weight excluding hydrogens is 378 g/mol. The van der Waals surface area contributed by atoms with E-state index in [1.165, 1.54) is 0 Å². The van der Waals surface area contributed by atoms with Crippen LogP contribution in [0.3, 0.4) is 0 Å². The first kappa shape index (κ1) is 21.1. The summed E-state index contributed by atoms with van der Waals surface area (Å²) in [7, 11) is 1.70. The number of hydrogen-bond acceptors (Lipinski definition) is 4. The Bertz CT molecular complexity index is 973. The Morgan fingerprint density at radius 3 is 2.17 bits per heavy atom. The van der Waals surface area contributed by atoms with Crippen LogP contribution in [0.5, 0.6) is 5.75 Å². The molecule has 0 aliphatic carbocycles. The maximum absolute atomic E-state index is 12.6. The SMILES string of the molecule is C[C@@H](c1ccccc1)N(C)C(=O)COC(=O)c1ccccc1COc1ccccc1. The summed E-state index contributed by atoms with van der Waals surface area (Å²) in [6.07, 6.45) is 0. The van der Waals surface area contributed by atoms with E-state index in [0.717, 1.165) is 5.56 Å². The van der Waals surface area contributed by atoms with E-state index in [1.54, 1.807) is 24.1 Å². The van der Waals surface area contributed by atoms with Gasteiger partial charge in [-0.05, 0) is 30.7 Å². The van der Waals surface area contributed by atoms with Gasteiger partial charge >= 0.3 is 5.97 Å². The van der Waals surface area contributed by atoms with Gasteiger partial charge in [0.05, 0.1) is 11.6 Å². The standard InChI is InChI=1S/C25H25NO4/c1-19(20-11-5-3-6-12-20)26(2)24(27)18-30-25(28)23-16-10-9-13-21(23)17-29-22-14-7-4-8-15-22/h3-16,19H,17-18H2,1-2H3/t19-/m0/s1. The monoisotopic (exact) mass is 403 g/mol. The molecule has 5 nitrogen and oxygen atoms in total. The molecule has 154 valence electrons. The third-order valence-electron chi connectivity index (χ3n) is 4.96. The van der Waals surface area contributed by atoms with Crippen LogP contribution in [0.4, 0.5) is 0 Å². The highest BCUT2D eigenvalue weighted by atomic mass is 16.5. The van der Waals surface area contributed by atoms with Gasteiger partial charge in [-0.15, -0.1) is 0 Å². The lowest BCUT2D eigenvalue weighted by molar-refractivity contribution is -0.135. The summed E-state index contributed by atoms with van der Waals surface area (Å²) in [4.78, 5) is 26.7. The third kappa shape index (κ3) is 5.47. The maximum Gasteiger partial charge on any atom is 0.339 e. The van der Waals surface area contributed by atoms with Crippen LogP contribution in [0.2, 0.25) is 0 Å². The Kier molecular flexibility index (Phi) is 7.22. The lowest BCUT2D eigenvalue weighted by Gasteiger charge is -2.25. The zero-order valence-corrected chi connectivity index (χ0v) is 17.2. The second-order valence-electron chi connectivity index (χ2n) is 6.93. The molecule has 0 radical (unpaired) electrons. The molecule has 0 aliphatic heterocycles. The summed E-state index contributed by atoms with van der Waals surface area (Å²) in [6, 6.07) is 26.0. The normalized spacial score (nSPS) is 11.4. The minimum Gasteiger partial charge on any atom is -0.489 e. The van der Waals surface area contributed by atoms with Crippen molar-refractivity contribution >= 4 is 11.9 Å². The van der Waals surface area contributed by atoms with Crippen molar-refractivity contribution < 1.29 is 19.1 Å². The van der Waals surface area contributed by atoms with E-state index in [2.05, 4.69) is 0 Å². The predicted octanol–water partition coefficient (Wildman–Crippen LogP) is 4.64. The first-order chi connectivity index (χ1) is 14.6. The fourth-order valence-electron chi connectivity index (χ4n) is 3.00. The van der Waals surface area contributed by atoms with Crippen LogP contribution in [0.25, 0.3) is 0 Å². The summed E-state index contributed by atoms with van der Waals surface area (Å²) in [5.74, 6) is -0.0959. The van der Waals surface area contributed by atoms with Crippen molar-refractivity contribution in [3.05, 3.63) is 102 Å². The van der Waals surface area contributed by atoms with Crippen molar-refractivity contribution in [1.82, 2.24) is 4.90 Å². The molecule has 3 rings (SSSR count). The molecule has 0 N–H and O–H groups in total. The van der Waals surface area contributed by atoms with Gasteiger partial charge < -0.3 is 14.4 Å². The molecule has 0 unspecified atom stereocenters. The van der Waals surface area contributed by atoms with E-state index in [4.69, 9.17) is 9.47 Å². The first-order valence-corrected chi connectivity index (χ1v) is 9.79. The minimum atomic E-state index is -0.545. The van der Waals surface area contributed by atoms with E-state index in [-0.39, 0.29) is 25.2 Å². The number of carbonyl (C=O) groups is 2. The zero-order chi connectivity index (χ0) is 21.3. The average Bonchev–Trinajstić information content (AvgIpc) is 2.81. The lowest BCUT2D eigenvalue weighted by atomic mass is 10.1. The molecule has 1 atom stereocenters. The molecule has 1 amide bonds. The van der Waals surface area contributed by atoms with Crippen molar-refractivity contribution in [2.24, 2.45) is 0 Å². The average molecular weight is 403 g/mol. The van der Waals surface area contributed by atoms with Gasteiger partial charge in [-0.1, -0.05) is 66.7 Å². The van der Waals surface area contributed by atoms with Gasteiger partial charge in [-0.3, -0.25) is 4.79 Å². The number of hydrogen-bond donors (Lipinski definition) is 0. The van der Waals surface area contributed by atoms with Crippen LogP contribution < -0.4 is 4.74 Å². The van der Waals surface area contributed by atoms with Crippen LogP contribution in [-0.4, -0.2) is 30.4 Å². The molecule has 0 saturated heterocycles. The molecule has 0 aliphatic rings. The molecule has 0 bridgehead atoms. The van der Waals surface area contributed by atoms with Gasteiger partial charge in [0.2, 0.25) is 0 Å². The largest absolute Gasteiger partial charge is 0.489 e. The quantitative estimate of drug-likeness (QED) is 0.514. The Morgan fingerprint density at radius 1 is 0.867 bits per heavy atom. The van der Waals surface area contributed by atoms with E-state index < -0.39 is 5.97 Å². The van der Waals surface area contributed by atoms with Crippen LogP contribution in [0, 0.1) is 0 Å². The number of likely N-dealkylation sites (N-methyl/N-ethyl adjacent to an activating group) is 1. The molecule has 3 aromatic carbocycles. The van der Waals surface area contributed by atoms with Crippen molar-refractivity contribution in [3.8, 4) is 5.75 Å². The Hall–Kier alpha value is -3.60. The number of benzene rings is 3. The van der Waals surface area contributed by atoms with Crippen molar-refractivity contribution in [1.29, 1.82) is 0 Å². The highest BCUT2D eigenvalue weighted by Gasteiger charge is 2.20. The predicted molar refractivity (Wildman–Crippen MR) is 115 cm³/mol. The van der Waals surface area contributed by atoms with Crippen molar-refractivity contribution in [2.45, 2.75) is 19.6 Å². The highest BCUT2D eigenvalue weighted by molar-refractivity contribution is 5.92. The number of nitrogens with zero attached hydrogens (tertiary/aromatic N) is 1. The van der Waals surface area contributed by atoms with Gasteiger partial charge in [0.1, 0.15) is 12.4 Å². The first-order valence-electron chi connectivity index (χ1n) is 9.79. The topological polar surface area (TPSA) is 55.8 Å². The minimum absolute atomic E-state index is 0.121. The number of ether oxygens (including phenoxy) is 2. The summed E-state index contributed by atoms with van der Waals surface area (Å²) >= 11 is 0. The molecule has 0 saturated carbocycles. The smallest absolute Gasteiger partial charge is 0.339 e. The molecule has 0 spiro atoms.